The van der Waals surface area contributed by atoms with Gasteiger partial charge in [-0.3, -0.25) is 0 Å². The zero-order valence-electron chi connectivity index (χ0n) is 54.2. The first kappa shape index (κ1) is 60.2. The molecule has 8 heteroatoms. The number of nitrogens with one attached hydrogen (secondary N) is 4. The highest BCUT2D eigenvalue weighted by Gasteiger charge is 2.62. The van der Waals surface area contributed by atoms with Crippen molar-refractivity contribution in [3.63, 3.8) is 0 Å². The maximum atomic E-state index is 6.91. The Labute approximate surface area is 520 Å². The summed E-state index contributed by atoms with van der Waals surface area (Å²) in [7, 11) is 0. The Morgan fingerprint density at radius 2 is 0.698 bits per heavy atom. The monoisotopic (exact) mass is 1170 g/mol. The largest absolute Gasteiger partial charge is 0.494 e. The van der Waals surface area contributed by atoms with Crippen LogP contribution in [0.3, 0.4) is 0 Å². The number of anilines is 4. The van der Waals surface area contributed by atoms with Crippen LogP contribution in [0.15, 0.2) is 97.1 Å². The molecule has 18 rings (SSSR count). The number of ether oxygens (including phenoxy) is 4. The minimum atomic E-state index is 0.311. The van der Waals surface area contributed by atoms with E-state index in [4.69, 9.17) is 18.9 Å². The second-order valence-corrected chi connectivity index (χ2v) is 31.3. The van der Waals surface area contributed by atoms with Crippen LogP contribution in [0, 0.1) is 92.7 Å². The van der Waals surface area contributed by atoms with E-state index in [2.05, 4.69) is 160 Å². The van der Waals surface area contributed by atoms with Crippen LogP contribution in [0.5, 0.6) is 23.0 Å². The van der Waals surface area contributed by atoms with Crippen molar-refractivity contribution in [1.82, 2.24) is 0 Å². The highest BCUT2D eigenvalue weighted by atomic mass is 16.5. The SMILES string of the molecule is C[C@@H]1CCCOc2cccc(c2)NCCCNc2cccc(c2)OCCC[C@@H](C)[C@H]2CC[C@H]3[C@@H]4CC[C@@H]5C[C@H](CC[C@]5(C)[C@H]4CC[C@]23C)Oc2cccc(c2)NCCCNc2cccc(c2)O[C@H]2CC[C@@]3(C)[C@H](CC[C@@H]4[C@@H]3CC[C@]3(C)[C@@H]1CC[C@@H]43)C2. The van der Waals surface area contributed by atoms with Crippen molar-refractivity contribution in [3.05, 3.63) is 97.1 Å². The van der Waals surface area contributed by atoms with Gasteiger partial charge in [0.2, 0.25) is 0 Å². The maximum absolute atomic E-state index is 6.91. The molecule has 4 N–H and O–H groups in total. The van der Waals surface area contributed by atoms with Gasteiger partial charge in [0.1, 0.15) is 23.0 Å². The molecule has 24 bridgehead atoms. The molecule has 0 unspecified atom stereocenters. The first-order chi connectivity index (χ1) is 41.8. The summed E-state index contributed by atoms with van der Waals surface area (Å²) in [5.74, 6) is 14.0. The minimum Gasteiger partial charge on any atom is -0.494 e. The quantitative estimate of drug-likeness (QED) is 0.139. The van der Waals surface area contributed by atoms with Gasteiger partial charge in [-0.25, -0.2) is 0 Å². The molecule has 0 spiro atoms. The molecule has 0 aromatic heterocycles. The van der Waals surface area contributed by atoms with Crippen molar-refractivity contribution >= 4 is 22.7 Å². The molecule has 0 saturated heterocycles. The summed E-state index contributed by atoms with van der Waals surface area (Å²) in [6.45, 7) is 21.3. The second-order valence-electron chi connectivity index (χ2n) is 31.3. The number of hydrogen-bond donors (Lipinski definition) is 4. The summed E-state index contributed by atoms with van der Waals surface area (Å²) < 4.78 is 26.7. The normalized spacial score (nSPS) is 39.7. The Bertz CT molecular complexity index is 2690. The van der Waals surface area contributed by atoms with E-state index >= 15 is 0 Å². The maximum Gasteiger partial charge on any atom is 0.121 e. The highest BCUT2D eigenvalue weighted by Crippen LogP contribution is 2.70. The van der Waals surface area contributed by atoms with Gasteiger partial charge in [-0.1, -0.05) is 65.8 Å². The second kappa shape index (κ2) is 26.0. The van der Waals surface area contributed by atoms with Gasteiger partial charge in [0.25, 0.3) is 0 Å². The van der Waals surface area contributed by atoms with E-state index in [0.717, 1.165) is 182 Å². The van der Waals surface area contributed by atoms with Crippen molar-refractivity contribution < 1.29 is 18.9 Å². The summed E-state index contributed by atoms with van der Waals surface area (Å²) in [4.78, 5) is 0. The van der Waals surface area contributed by atoms with Crippen LogP contribution in [0.2, 0.25) is 0 Å². The fourth-order valence-electron chi connectivity index (χ4n) is 22.4. The molecule has 4 aromatic rings. The lowest BCUT2D eigenvalue weighted by atomic mass is 9.44. The Morgan fingerprint density at radius 1 is 0.349 bits per heavy atom. The van der Waals surface area contributed by atoms with E-state index < -0.39 is 0 Å². The van der Waals surface area contributed by atoms with Crippen molar-refractivity contribution in [2.45, 2.75) is 208 Å². The van der Waals surface area contributed by atoms with Gasteiger partial charge in [0.05, 0.1) is 25.4 Å². The molecular formula is C78H112N4O4. The van der Waals surface area contributed by atoms with Crippen LogP contribution >= 0.6 is 0 Å². The van der Waals surface area contributed by atoms with Crippen molar-refractivity contribution in [2.75, 3.05) is 60.7 Å². The molecule has 0 amide bonds. The smallest absolute Gasteiger partial charge is 0.121 e. The van der Waals surface area contributed by atoms with Gasteiger partial charge in [0, 0.05) is 73.2 Å². The zero-order valence-corrected chi connectivity index (χ0v) is 54.2. The van der Waals surface area contributed by atoms with Crippen molar-refractivity contribution in [3.8, 4) is 23.0 Å². The summed E-state index contributed by atoms with van der Waals surface area (Å²) in [5, 5.41) is 14.8. The lowest BCUT2D eigenvalue weighted by Crippen LogP contribution is -2.54. The molecular weight excluding hydrogens is 1060 g/mol. The standard InChI is InChI=1S/C78H112N4O4/c1-53-15-11-45-83-61-21-7-17-57(49-61)79-41-13-42-80-58-18-8-22-62(50-58)84-46-12-16-54(2)70-30-32-72-68-28-26-56-48-66(34-38-76(56,4)74(68)36-40-78(70,72)6)86-64-24-10-20-60(52-64)82-44-14-43-81-59-19-9-23-63(51-59)85-65-33-37-75(3)55(47-65)25-27-67-71-31-29-69(53)77(71,5)39-35-73(67)75/h7-10,17-24,49-56,65-74,79-82H,11-16,25-48H2,1-6H3/t53-,54-,55-,56-,65+,66+,67+,68+,69-,70-,71+,72+,73+,74+,75+,76+,77-,78-/m1/s1. The first-order valence-corrected chi connectivity index (χ1v) is 35.8. The van der Waals surface area contributed by atoms with Crippen LogP contribution in [-0.2, 0) is 0 Å². The van der Waals surface area contributed by atoms with E-state index in [0.29, 0.717) is 33.9 Å². The molecule has 18 atom stereocenters. The molecule has 468 valence electrons. The average Bonchev–Trinajstić information content (AvgIpc) is 1.42. The van der Waals surface area contributed by atoms with Crippen LogP contribution in [-0.4, -0.2) is 51.6 Å². The summed E-state index contributed by atoms with van der Waals surface area (Å²) in [6.07, 6.45) is 31.9. The lowest BCUT2D eigenvalue weighted by molar-refractivity contribution is -0.126. The third-order valence-electron chi connectivity index (χ3n) is 26.9. The Balaban J connectivity index is 0.631. The molecule has 0 radical (unpaired) electrons. The number of hydrogen-bond acceptors (Lipinski definition) is 8. The molecule has 6 heterocycles. The van der Waals surface area contributed by atoms with Gasteiger partial charge < -0.3 is 40.2 Å². The number of benzene rings is 4. The van der Waals surface area contributed by atoms with Crippen molar-refractivity contribution in [1.29, 1.82) is 0 Å². The third-order valence-corrected chi connectivity index (χ3v) is 26.9. The van der Waals surface area contributed by atoms with Gasteiger partial charge >= 0.3 is 0 Å². The topological polar surface area (TPSA) is 85.0 Å². The Hall–Kier alpha value is -4.72. The van der Waals surface area contributed by atoms with Gasteiger partial charge in [-0.15, -0.1) is 0 Å². The van der Waals surface area contributed by atoms with Crippen LogP contribution in [0.25, 0.3) is 0 Å². The van der Waals surface area contributed by atoms with Gasteiger partial charge in [-0.2, -0.15) is 0 Å². The van der Waals surface area contributed by atoms with Gasteiger partial charge in [-0.05, 0) is 295 Å². The lowest BCUT2D eigenvalue weighted by Gasteiger charge is -2.61. The van der Waals surface area contributed by atoms with Crippen LogP contribution in [0.1, 0.15) is 196 Å². The molecule has 86 heavy (non-hydrogen) atoms. The summed E-state index contributed by atoms with van der Waals surface area (Å²) in [5.41, 5.74) is 6.44. The third kappa shape index (κ3) is 12.5. The van der Waals surface area contributed by atoms with Crippen LogP contribution < -0.4 is 40.2 Å². The Kier molecular flexibility index (Phi) is 18.2. The average molecular weight is 1170 g/mol. The summed E-state index contributed by atoms with van der Waals surface area (Å²) in [6, 6.07) is 34.9. The molecule has 4 aromatic carbocycles. The van der Waals surface area contributed by atoms with Crippen molar-refractivity contribution in [2.24, 2.45) is 92.7 Å². The fourth-order valence-corrected chi connectivity index (χ4v) is 22.4. The predicted molar refractivity (Wildman–Crippen MR) is 356 cm³/mol. The Morgan fingerprint density at radius 3 is 1.10 bits per heavy atom. The van der Waals surface area contributed by atoms with E-state index in [1.165, 1.54) is 128 Å². The molecule has 8 fully saturated rings. The highest BCUT2D eigenvalue weighted by molar-refractivity contribution is 5.51. The van der Waals surface area contributed by atoms with E-state index in [9.17, 15) is 0 Å². The zero-order chi connectivity index (χ0) is 58.9. The van der Waals surface area contributed by atoms with Crippen LogP contribution in [0.4, 0.5) is 22.7 Å². The minimum absolute atomic E-state index is 0.311. The fraction of sp³-hybridized carbons (Fsp3) is 0.692. The molecule has 8 aliphatic carbocycles. The van der Waals surface area contributed by atoms with E-state index in [1.807, 2.05) is 0 Å². The van der Waals surface area contributed by atoms with E-state index in [1.54, 1.807) is 0 Å². The molecule has 14 aliphatic rings. The number of rotatable bonds is 0. The van der Waals surface area contributed by atoms with Gasteiger partial charge in [0.15, 0.2) is 0 Å². The first-order valence-electron chi connectivity index (χ1n) is 35.8. The molecule has 6 aliphatic heterocycles. The molecule has 8 saturated carbocycles. The van der Waals surface area contributed by atoms with E-state index in [-0.39, 0.29) is 0 Å². The summed E-state index contributed by atoms with van der Waals surface area (Å²) >= 11 is 0. The molecule has 8 nitrogen and oxygen atoms in total. The predicted octanol–water partition coefficient (Wildman–Crippen LogP) is 19.6.